The Balaban J connectivity index is 1.73. The van der Waals surface area contributed by atoms with Gasteiger partial charge >= 0.3 is 0 Å². The molecule has 1 fully saturated rings. The van der Waals surface area contributed by atoms with E-state index in [1.165, 1.54) is 18.3 Å². The number of benzene rings is 2. The number of carbonyl (C=O) groups excluding carboxylic acids is 1. The van der Waals surface area contributed by atoms with Crippen molar-refractivity contribution in [2.24, 2.45) is 0 Å². The van der Waals surface area contributed by atoms with Crippen molar-refractivity contribution in [1.82, 2.24) is 5.43 Å². The van der Waals surface area contributed by atoms with E-state index < -0.39 is 21.2 Å². The second-order valence-corrected chi connectivity index (χ2v) is 6.45. The summed E-state index contributed by atoms with van der Waals surface area (Å²) >= 11 is 0. The number of nitrogens with one attached hydrogen (secondary N) is 2. The zero-order chi connectivity index (χ0) is 20.8. The molecule has 0 atom stereocenters. The molecule has 1 aliphatic carbocycles. The van der Waals surface area contributed by atoms with Gasteiger partial charge in [-0.05, 0) is 30.9 Å². The van der Waals surface area contributed by atoms with Gasteiger partial charge < -0.3 is 10.9 Å². The molecular weight excluding hydrogens is 376 g/mol. The molecule has 2 N–H and O–H groups in total. The van der Waals surface area contributed by atoms with Crippen molar-refractivity contribution in [2.75, 3.05) is 5.43 Å². The lowest BCUT2D eigenvalue weighted by atomic mass is 9.88. The highest BCUT2D eigenvalue weighted by molar-refractivity contribution is 6.11. The van der Waals surface area contributed by atoms with E-state index in [4.69, 9.17) is 0 Å². The smallest absolute Gasteiger partial charge is 0.278 e. The molecule has 148 valence electrons. The number of rotatable bonds is 6. The molecule has 0 aromatic heterocycles. The number of hydrazine groups is 1. The van der Waals surface area contributed by atoms with Crippen LogP contribution in [0.2, 0.25) is 0 Å². The zero-order valence-corrected chi connectivity index (χ0v) is 15.3. The van der Waals surface area contributed by atoms with Gasteiger partial charge in [-0.1, -0.05) is 30.3 Å². The number of nitrogens with zero attached hydrogens (tertiary/aromatic N) is 2. The lowest BCUT2D eigenvalue weighted by Gasteiger charge is -2.17. The average molecular weight is 394 g/mol. The molecule has 2 aromatic carbocycles. The molecule has 0 spiro atoms. The summed E-state index contributed by atoms with van der Waals surface area (Å²) < 4.78 is 0. The SMILES string of the molecule is O=C1C(=CNNc2cc([N+](=O)[O-])cc([N+](=O)[O-])c2)CCCC1=Cc1ccccc1. The Hall–Kier alpha value is -4.01. The molecule has 0 bridgehead atoms. The highest BCUT2D eigenvalue weighted by Gasteiger charge is 2.20. The fraction of sp³-hybridized carbons (Fsp3) is 0.150. The van der Waals surface area contributed by atoms with Crippen LogP contribution in [-0.2, 0) is 4.79 Å². The van der Waals surface area contributed by atoms with Crippen LogP contribution in [0.4, 0.5) is 17.1 Å². The Labute approximate surface area is 166 Å². The fourth-order valence-electron chi connectivity index (χ4n) is 3.01. The van der Waals surface area contributed by atoms with Gasteiger partial charge in [-0.2, -0.15) is 0 Å². The number of Topliss-reactive ketones (excluding diaryl/α,β-unsaturated/α-hetero) is 1. The summed E-state index contributed by atoms with van der Waals surface area (Å²) in [6.07, 6.45) is 5.46. The van der Waals surface area contributed by atoms with Crippen molar-refractivity contribution in [1.29, 1.82) is 0 Å². The van der Waals surface area contributed by atoms with Gasteiger partial charge in [0, 0.05) is 29.5 Å². The Bertz CT molecular complexity index is 983. The lowest BCUT2D eigenvalue weighted by Crippen LogP contribution is -2.20. The molecule has 0 radical (unpaired) electrons. The minimum Gasteiger partial charge on any atom is -0.308 e. The molecule has 29 heavy (non-hydrogen) atoms. The van der Waals surface area contributed by atoms with Crippen LogP contribution < -0.4 is 10.9 Å². The number of anilines is 1. The van der Waals surface area contributed by atoms with Crippen LogP contribution in [0.1, 0.15) is 24.8 Å². The van der Waals surface area contributed by atoms with E-state index in [9.17, 15) is 25.0 Å². The van der Waals surface area contributed by atoms with E-state index >= 15 is 0 Å². The van der Waals surface area contributed by atoms with Crippen LogP contribution in [0.3, 0.4) is 0 Å². The summed E-state index contributed by atoms with van der Waals surface area (Å²) in [5.74, 6) is -0.0700. The lowest BCUT2D eigenvalue weighted by molar-refractivity contribution is -0.394. The number of ketones is 1. The normalized spacial score (nSPS) is 16.6. The van der Waals surface area contributed by atoms with E-state index in [1.54, 1.807) is 0 Å². The van der Waals surface area contributed by atoms with Crippen molar-refractivity contribution >= 4 is 28.9 Å². The third kappa shape index (κ3) is 5.04. The highest BCUT2D eigenvalue weighted by Crippen LogP contribution is 2.27. The summed E-state index contributed by atoms with van der Waals surface area (Å²) in [6, 6.07) is 12.8. The van der Waals surface area contributed by atoms with Crippen molar-refractivity contribution in [2.45, 2.75) is 19.3 Å². The number of nitro benzene ring substituents is 2. The fourth-order valence-corrected chi connectivity index (χ4v) is 3.01. The molecule has 0 saturated heterocycles. The minimum absolute atomic E-state index is 0.0700. The molecule has 1 saturated carbocycles. The van der Waals surface area contributed by atoms with Crippen LogP contribution in [0.5, 0.6) is 0 Å². The van der Waals surface area contributed by atoms with Crippen molar-refractivity contribution in [3.05, 3.63) is 91.7 Å². The predicted molar refractivity (Wildman–Crippen MR) is 108 cm³/mol. The number of hydrogen-bond donors (Lipinski definition) is 2. The third-order valence-electron chi connectivity index (χ3n) is 4.40. The molecular formula is C20H18N4O5. The topological polar surface area (TPSA) is 127 Å². The Morgan fingerprint density at radius 1 is 0.897 bits per heavy atom. The number of allylic oxidation sites excluding steroid dienone is 2. The van der Waals surface area contributed by atoms with E-state index in [0.717, 1.165) is 18.1 Å². The van der Waals surface area contributed by atoms with Crippen molar-refractivity contribution in [3.8, 4) is 0 Å². The summed E-state index contributed by atoms with van der Waals surface area (Å²) in [7, 11) is 0. The van der Waals surface area contributed by atoms with Gasteiger partial charge in [-0.3, -0.25) is 25.0 Å². The third-order valence-corrected chi connectivity index (χ3v) is 4.40. The van der Waals surface area contributed by atoms with Gasteiger partial charge in [0.15, 0.2) is 5.78 Å². The minimum atomic E-state index is -0.706. The first-order chi connectivity index (χ1) is 13.9. The van der Waals surface area contributed by atoms with Gasteiger partial charge in [0.05, 0.1) is 21.6 Å². The summed E-state index contributed by atoms with van der Waals surface area (Å²) in [5, 5.41) is 21.9. The molecule has 3 rings (SSSR count). The number of hydrogen-bond acceptors (Lipinski definition) is 7. The molecule has 1 aliphatic rings. The first-order valence-corrected chi connectivity index (χ1v) is 8.89. The molecule has 0 amide bonds. The van der Waals surface area contributed by atoms with E-state index in [2.05, 4.69) is 10.9 Å². The van der Waals surface area contributed by atoms with Gasteiger partial charge in [0.2, 0.25) is 0 Å². The number of non-ortho nitro benzene ring substituents is 2. The second-order valence-electron chi connectivity index (χ2n) is 6.45. The van der Waals surface area contributed by atoms with E-state index in [-0.39, 0.29) is 11.5 Å². The van der Waals surface area contributed by atoms with Crippen LogP contribution in [0.15, 0.2) is 65.9 Å². The average Bonchev–Trinajstić information content (AvgIpc) is 2.71. The van der Waals surface area contributed by atoms with Crippen LogP contribution in [0.25, 0.3) is 6.08 Å². The van der Waals surface area contributed by atoms with Crippen LogP contribution in [0, 0.1) is 20.2 Å². The molecule has 0 aliphatic heterocycles. The quantitative estimate of drug-likeness (QED) is 0.428. The maximum absolute atomic E-state index is 12.7. The molecule has 0 heterocycles. The Kier molecular flexibility index (Phi) is 5.98. The molecule has 9 nitrogen and oxygen atoms in total. The molecule has 2 aromatic rings. The first kappa shape index (κ1) is 19.7. The monoisotopic (exact) mass is 394 g/mol. The summed E-state index contributed by atoms with van der Waals surface area (Å²) in [4.78, 5) is 33.2. The maximum Gasteiger partial charge on any atom is 0.278 e. The van der Waals surface area contributed by atoms with Crippen molar-refractivity contribution in [3.63, 3.8) is 0 Å². The number of carbonyl (C=O) groups is 1. The van der Waals surface area contributed by atoms with E-state index in [0.29, 0.717) is 24.0 Å². The van der Waals surface area contributed by atoms with Gasteiger partial charge in [0.25, 0.3) is 11.4 Å². The van der Waals surface area contributed by atoms with Gasteiger partial charge in [-0.25, -0.2) is 0 Å². The Morgan fingerprint density at radius 2 is 1.52 bits per heavy atom. The maximum atomic E-state index is 12.7. The molecule has 0 unspecified atom stereocenters. The van der Waals surface area contributed by atoms with Gasteiger partial charge in [-0.15, -0.1) is 0 Å². The predicted octanol–water partition coefficient (Wildman–Crippen LogP) is 4.14. The first-order valence-electron chi connectivity index (χ1n) is 8.89. The molecule has 9 heteroatoms. The van der Waals surface area contributed by atoms with Crippen LogP contribution in [-0.4, -0.2) is 15.6 Å². The Morgan fingerprint density at radius 3 is 2.14 bits per heavy atom. The largest absolute Gasteiger partial charge is 0.308 e. The summed E-state index contributed by atoms with van der Waals surface area (Å²) in [6.45, 7) is 0. The standard InChI is InChI=1S/C20H18N4O5/c25-20-15(9-14-5-2-1-3-6-14)7-4-8-16(20)13-21-22-17-10-18(23(26)27)12-19(11-17)24(28)29/h1-3,5-6,9-13,21-22H,4,7-8H2. The second kappa shape index (κ2) is 8.79. The van der Waals surface area contributed by atoms with E-state index in [1.807, 2.05) is 36.4 Å². The van der Waals surface area contributed by atoms with Gasteiger partial charge in [0.1, 0.15) is 0 Å². The summed E-state index contributed by atoms with van der Waals surface area (Å²) in [5.41, 5.74) is 6.93. The zero-order valence-electron chi connectivity index (χ0n) is 15.3. The highest BCUT2D eigenvalue weighted by atomic mass is 16.6. The number of nitro groups is 2. The van der Waals surface area contributed by atoms with Crippen molar-refractivity contribution < 1.29 is 14.6 Å². The van der Waals surface area contributed by atoms with Crippen LogP contribution >= 0.6 is 0 Å².